The molecule has 0 radical (unpaired) electrons. The van der Waals surface area contributed by atoms with Gasteiger partial charge < -0.3 is 19.4 Å². The minimum atomic E-state index is 0.519. The fourth-order valence-electron chi connectivity index (χ4n) is 4.05. The molecule has 0 unspecified atom stereocenters. The van der Waals surface area contributed by atoms with Crippen molar-refractivity contribution in [1.82, 2.24) is 14.7 Å². The number of rotatable bonds is 6. The minimum Gasteiger partial charge on any atom is -0.384 e. The number of nitrogens with zero attached hydrogens (tertiary/aromatic N) is 3. The average molecular weight is 295 g/mol. The SMILES string of the molecule is COCC1(CN2CCN(CC3CCN(C)CC3)CC2)CC1. The van der Waals surface area contributed by atoms with Gasteiger partial charge in [0.2, 0.25) is 0 Å². The highest BCUT2D eigenvalue weighted by Crippen LogP contribution is 2.46. The van der Waals surface area contributed by atoms with Crippen LogP contribution in [0.25, 0.3) is 0 Å². The topological polar surface area (TPSA) is 19.0 Å². The van der Waals surface area contributed by atoms with Crippen molar-refractivity contribution in [3.63, 3.8) is 0 Å². The van der Waals surface area contributed by atoms with Crippen LogP contribution in [-0.2, 0) is 4.74 Å². The molecule has 2 aliphatic heterocycles. The van der Waals surface area contributed by atoms with Crippen molar-refractivity contribution >= 4 is 0 Å². The molecule has 0 aromatic carbocycles. The number of ether oxygens (including phenoxy) is 1. The van der Waals surface area contributed by atoms with E-state index in [2.05, 4.69) is 21.7 Å². The van der Waals surface area contributed by atoms with Gasteiger partial charge in [0, 0.05) is 51.8 Å². The van der Waals surface area contributed by atoms with Gasteiger partial charge in [0.25, 0.3) is 0 Å². The first-order valence-corrected chi connectivity index (χ1v) is 8.81. The van der Waals surface area contributed by atoms with Crippen LogP contribution in [-0.4, -0.2) is 87.8 Å². The van der Waals surface area contributed by atoms with E-state index in [4.69, 9.17) is 4.74 Å². The Balaban J connectivity index is 1.35. The third-order valence-electron chi connectivity index (χ3n) is 5.79. The van der Waals surface area contributed by atoms with Crippen LogP contribution in [0.4, 0.5) is 0 Å². The zero-order valence-electron chi connectivity index (χ0n) is 14.0. The largest absolute Gasteiger partial charge is 0.384 e. The Morgan fingerprint density at radius 3 is 2.14 bits per heavy atom. The highest BCUT2D eigenvalue weighted by atomic mass is 16.5. The monoisotopic (exact) mass is 295 g/mol. The van der Waals surface area contributed by atoms with Gasteiger partial charge in [-0.3, -0.25) is 0 Å². The fraction of sp³-hybridized carbons (Fsp3) is 1.00. The molecule has 122 valence electrons. The van der Waals surface area contributed by atoms with Crippen molar-refractivity contribution in [2.75, 3.05) is 73.1 Å². The predicted octanol–water partition coefficient (Wildman–Crippen LogP) is 1.37. The molecule has 2 saturated heterocycles. The molecule has 0 spiro atoms. The molecule has 21 heavy (non-hydrogen) atoms. The van der Waals surface area contributed by atoms with Crippen molar-refractivity contribution < 1.29 is 4.74 Å². The van der Waals surface area contributed by atoms with E-state index in [0.29, 0.717) is 5.41 Å². The second-order valence-electron chi connectivity index (χ2n) is 7.76. The average Bonchev–Trinajstić information content (AvgIpc) is 3.23. The number of piperidine rings is 1. The predicted molar refractivity (Wildman–Crippen MR) is 86.6 cm³/mol. The standard InChI is InChI=1S/C17H33N3O/c1-18-7-3-16(4-8-18)13-19-9-11-20(12-10-19)14-17(5-6-17)15-21-2/h16H,3-15H2,1-2H3. The first kappa shape index (κ1) is 15.7. The lowest BCUT2D eigenvalue weighted by Gasteiger charge is -2.39. The van der Waals surface area contributed by atoms with E-state index in [1.807, 2.05) is 7.11 Å². The summed E-state index contributed by atoms with van der Waals surface area (Å²) in [6, 6.07) is 0. The van der Waals surface area contributed by atoms with E-state index in [0.717, 1.165) is 12.5 Å². The molecule has 0 atom stereocenters. The molecule has 0 bridgehead atoms. The molecule has 0 amide bonds. The van der Waals surface area contributed by atoms with E-state index >= 15 is 0 Å². The lowest BCUT2D eigenvalue weighted by Crippen LogP contribution is -2.50. The molecule has 1 saturated carbocycles. The Morgan fingerprint density at radius 2 is 1.57 bits per heavy atom. The van der Waals surface area contributed by atoms with Gasteiger partial charge in [-0.1, -0.05) is 0 Å². The molecular weight excluding hydrogens is 262 g/mol. The van der Waals surface area contributed by atoms with Crippen molar-refractivity contribution in [2.24, 2.45) is 11.3 Å². The maximum Gasteiger partial charge on any atom is 0.0530 e. The molecule has 4 nitrogen and oxygen atoms in total. The molecule has 0 aromatic rings. The highest BCUT2D eigenvalue weighted by molar-refractivity contribution is 4.96. The van der Waals surface area contributed by atoms with E-state index < -0.39 is 0 Å². The molecule has 1 aliphatic carbocycles. The fourth-order valence-corrected chi connectivity index (χ4v) is 4.05. The second-order valence-corrected chi connectivity index (χ2v) is 7.76. The Bertz CT molecular complexity index is 316. The van der Waals surface area contributed by atoms with Gasteiger partial charge in [-0.05, 0) is 51.7 Å². The Hall–Kier alpha value is -0.160. The zero-order valence-corrected chi connectivity index (χ0v) is 14.0. The molecular formula is C17H33N3O. The van der Waals surface area contributed by atoms with Gasteiger partial charge in [-0.2, -0.15) is 0 Å². The highest BCUT2D eigenvalue weighted by Gasteiger charge is 2.44. The molecule has 0 N–H and O–H groups in total. The quantitative estimate of drug-likeness (QED) is 0.737. The van der Waals surface area contributed by atoms with Crippen LogP contribution in [0.15, 0.2) is 0 Å². The molecule has 3 aliphatic rings. The van der Waals surface area contributed by atoms with Crippen LogP contribution in [0.1, 0.15) is 25.7 Å². The van der Waals surface area contributed by atoms with Crippen molar-refractivity contribution in [1.29, 1.82) is 0 Å². The van der Waals surface area contributed by atoms with Crippen molar-refractivity contribution in [3.8, 4) is 0 Å². The van der Waals surface area contributed by atoms with Crippen LogP contribution in [0.5, 0.6) is 0 Å². The van der Waals surface area contributed by atoms with E-state index in [-0.39, 0.29) is 0 Å². The van der Waals surface area contributed by atoms with E-state index in [1.54, 1.807) is 0 Å². The van der Waals surface area contributed by atoms with Gasteiger partial charge in [0.1, 0.15) is 0 Å². The van der Waals surface area contributed by atoms with Gasteiger partial charge >= 0.3 is 0 Å². The summed E-state index contributed by atoms with van der Waals surface area (Å²) in [7, 11) is 4.10. The summed E-state index contributed by atoms with van der Waals surface area (Å²) in [6.07, 6.45) is 5.54. The lowest BCUT2D eigenvalue weighted by atomic mass is 9.96. The number of hydrogen-bond acceptors (Lipinski definition) is 4. The zero-order chi connectivity index (χ0) is 14.7. The maximum absolute atomic E-state index is 5.40. The third kappa shape index (κ3) is 4.41. The first-order chi connectivity index (χ1) is 10.2. The molecule has 3 fully saturated rings. The summed E-state index contributed by atoms with van der Waals surface area (Å²) in [4.78, 5) is 7.86. The molecule has 2 heterocycles. The third-order valence-corrected chi connectivity index (χ3v) is 5.79. The van der Waals surface area contributed by atoms with E-state index in [9.17, 15) is 0 Å². The van der Waals surface area contributed by atoms with Crippen LogP contribution >= 0.6 is 0 Å². The van der Waals surface area contributed by atoms with Gasteiger partial charge in [-0.15, -0.1) is 0 Å². The summed E-state index contributed by atoms with van der Waals surface area (Å²) in [5.41, 5.74) is 0.519. The van der Waals surface area contributed by atoms with Crippen LogP contribution in [0.3, 0.4) is 0 Å². The lowest BCUT2D eigenvalue weighted by molar-refractivity contribution is 0.0656. The first-order valence-electron chi connectivity index (χ1n) is 8.81. The number of methoxy groups -OCH3 is 1. The summed E-state index contributed by atoms with van der Waals surface area (Å²) in [5.74, 6) is 0.941. The Morgan fingerprint density at radius 1 is 0.952 bits per heavy atom. The van der Waals surface area contributed by atoms with Crippen molar-refractivity contribution in [2.45, 2.75) is 25.7 Å². The Kier molecular flexibility index (Phi) is 5.20. The van der Waals surface area contributed by atoms with E-state index in [1.165, 1.54) is 78.0 Å². The van der Waals surface area contributed by atoms with Gasteiger partial charge in [0.05, 0.1) is 6.61 Å². The smallest absolute Gasteiger partial charge is 0.0530 e. The maximum atomic E-state index is 5.40. The molecule has 0 aromatic heterocycles. The summed E-state index contributed by atoms with van der Waals surface area (Å²) >= 11 is 0. The molecule has 3 rings (SSSR count). The number of likely N-dealkylation sites (tertiary alicyclic amines) is 1. The summed E-state index contributed by atoms with van der Waals surface area (Å²) < 4.78 is 5.40. The molecule has 4 heteroatoms. The minimum absolute atomic E-state index is 0.519. The van der Waals surface area contributed by atoms with Gasteiger partial charge in [-0.25, -0.2) is 0 Å². The van der Waals surface area contributed by atoms with Crippen LogP contribution in [0.2, 0.25) is 0 Å². The number of piperazine rings is 1. The Labute approximate surface area is 130 Å². The summed E-state index contributed by atoms with van der Waals surface area (Å²) in [5, 5.41) is 0. The normalized spacial score (nSPS) is 28.9. The van der Waals surface area contributed by atoms with Crippen molar-refractivity contribution in [3.05, 3.63) is 0 Å². The number of hydrogen-bond donors (Lipinski definition) is 0. The van der Waals surface area contributed by atoms with Crippen LogP contribution in [0, 0.1) is 11.3 Å². The summed E-state index contributed by atoms with van der Waals surface area (Å²) in [6.45, 7) is 11.2. The van der Waals surface area contributed by atoms with Crippen LogP contribution < -0.4 is 0 Å². The van der Waals surface area contributed by atoms with Gasteiger partial charge in [0.15, 0.2) is 0 Å². The second kappa shape index (κ2) is 6.95.